The Labute approximate surface area is 134 Å². The van der Waals surface area contributed by atoms with Crippen molar-refractivity contribution in [2.45, 2.75) is 13.5 Å². The molecular formula is C14H12ClN3OS2. The van der Waals surface area contributed by atoms with Crippen LogP contribution in [-0.4, -0.2) is 10.9 Å². The first-order chi connectivity index (χ1) is 10.0. The van der Waals surface area contributed by atoms with Crippen LogP contribution in [0.15, 0.2) is 23.6 Å². The first-order valence-corrected chi connectivity index (χ1v) is 8.28. The van der Waals surface area contributed by atoms with Gasteiger partial charge < -0.3 is 11.1 Å². The third-order valence-corrected chi connectivity index (χ3v) is 5.23. The average Bonchev–Trinajstić information content (AvgIpc) is 3.01. The number of benzene rings is 1. The molecule has 3 aromatic rings. The third kappa shape index (κ3) is 2.88. The lowest BCUT2D eigenvalue weighted by molar-refractivity contribution is 0.0955. The minimum Gasteiger partial charge on any atom is -0.397 e. The molecule has 2 heterocycles. The van der Waals surface area contributed by atoms with E-state index in [-0.39, 0.29) is 5.91 Å². The monoisotopic (exact) mass is 337 g/mol. The second kappa shape index (κ2) is 5.63. The maximum absolute atomic E-state index is 12.3. The van der Waals surface area contributed by atoms with Crippen molar-refractivity contribution in [3.8, 4) is 0 Å². The van der Waals surface area contributed by atoms with E-state index in [1.807, 2.05) is 18.4 Å². The number of carbonyl (C=O) groups is 1. The van der Waals surface area contributed by atoms with E-state index in [9.17, 15) is 4.79 Å². The molecule has 0 bridgehead atoms. The fraction of sp³-hybridized carbons (Fsp3) is 0.143. The summed E-state index contributed by atoms with van der Waals surface area (Å²) in [5, 5.41) is 7.19. The van der Waals surface area contributed by atoms with Crippen molar-refractivity contribution >= 4 is 56.0 Å². The summed E-state index contributed by atoms with van der Waals surface area (Å²) in [6, 6.07) is 5.45. The van der Waals surface area contributed by atoms with E-state index in [1.165, 1.54) is 11.3 Å². The van der Waals surface area contributed by atoms with Crippen LogP contribution in [-0.2, 0) is 6.54 Å². The highest BCUT2D eigenvalue weighted by molar-refractivity contribution is 7.21. The molecule has 3 rings (SSSR count). The summed E-state index contributed by atoms with van der Waals surface area (Å²) >= 11 is 8.89. The number of aryl methyl sites for hydroxylation is 1. The van der Waals surface area contributed by atoms with Crippen molar-refractivity contribution in [3.05, 3.63) is 44.2 Å². The summed E-state index contributed by atoms with van der Waals surface area (Å²) in [6.07, 6.45) is 0. The fourth-order valence-electron chi connectivity index (χ4n) is 2.00. The zero-order valence-corrected chi connectivity index (χ0v) is 13.5. The molecule has 0 atom stereocenters. The zero-order chi connectivity index (χ0) is 15.0. The lowest BCUT2D eigenvalue weighted by Gasteiger charge is -2.02. The minimum absolute atomic E-state index is 0.185. The van der Waals surface area contributed by atoms with Crippen molar-refractivity contribution in [3.63, 3.8) is 0 Å². The van der Waals surface area contributed by atoms with Gasteiger partial charge in [-0.05, 0) is 25.1 Å². The number of carbonyl (C=O) groups excluding carboxylic acids is 1. The highest BCUT2D eigenvalue weighted by Gasteiger charge is 2.16. The number of nitrogen functional groups attached to an aromatic ring is 1. The largest absolute Gasteiger partial charge is 0.397 e. The van der Waals surface area contributed by atoms with Gasteiger partial charge in [0.15, 0.2) is 0 Å². The van der Waals surface area contributed by atoms with Crippen LogP contribution >= 0.6 is 34.3 Å². The number of thiophene rings is 1. The highest BCUT2D eigenvalue weighted by Crippen LogP contribution is 2.35. The number of anilines is 1. The maximum atomic E-state index is 12.3. The second-order valence-electron chi connectivity index (χ2n) is 4.53. The first-order valence-electron chi connectivity index (χ1n) is 6.21. The molecule has 0 unspecified atom stereocenters. The lowest BCUT2D eigenvalue weighted by Crippen LogP contribution is -2.22. The molecular weight excluding hydrogens is 326 g/mol. The number of thiazole rings is 1. The standard InChI is InChI=1S/C14H12ClN3OS2/c1-7-18-9(6-20-7)5-17-14(19)13-12(16)10-4-8(15)2-3-11(10)21-13/h2-4,6H,5,16H2,1H3,(H,17,19). The van der Waals surface area contributed by atoms with Crippen LogP contribution in [0.1, 0.15) is 20.4 Å². The van der Waals surface area contributed by atoms with Gasteiger partial charge in [-0.3, -0.25) is 4.79 Å². The van der Waals surface area contributed by atoms with E-state index in [0.717, 1.165) is 20.8 Å². The van der Waals surface area contributed by atoms with E-state index in [2.05, 4.69) is 10.3 Å². The van der Waals surface area contributed by atoms with Crippen LogP contribution < -0.4 is 11.1 Å². The lowest BCUT2D eigenvalue weighted by atomic mass is 10.2. The van der Waals surface area contributed by atoms with Gasteiger partial charge in [-0.25, -0.2) is 4.98 Å². The molecule has 0 fully saturated rings. The van der Waals surface area contributed by atoms with E-state index in [0.29, 0.717) is 22.1 Å². The summed E-state index contributed by atoms with van der Waals surface area (Å²) in [4.78, 5) is 17.1. The van der Waals surface area contributed by atoms with Gasteiger partial charge in [0.05, 0.1) is 22.9 Å². The van der Waals surface area contributed by atoms with Gasteiger partial charge in [0, 0.05) is 20.5 Å². The Morgan fingerprint density at radius 3 is 3.00 bits per heavy atom. The first kappa shape index (κ1) is 14.3. The zero-order valence-electron chi connectivity index (χ0n) is 11.1. The third-order valence-electron chi connectivity index (χ3n) is 2.99. The van der Waals surface area contributed by atoms with E-state index in [4.69, 9.17) is 17.3 Å². The maximum Gasteiger partial charge on any atom is 0.263 e. The number of rotatable bonds is 3. The number of hydrogen-bond acceptors (Lipinski definition) is 5. The molecule has 21 heavy (non-hydrogen) atoms. The quantitative estimate of drug-likeness (QED) is 0.763. The molecule has 0 spiro atoms. The molecule has 2 aromatic heterocycles. The summed E-state index contributed by atoms with van der Waals surface area (Å²) in [5.74, 6) is -0.185. The number of nitrogens with two attached hydrogens (primary N) is 1. The Balaban J connectivity index is 1.82. The molecule has 3 N–H and O–H groups in total. The Bertz CT molecular complexity index is 825. The molecule has 1 aromatic carbocycles. The van der Waals surface area contributed by atoms with Crippen molar-refractivity contribution in [1.82, 2.24) is 10.3 Å². The molecule has 108 valence electrons. The van der Waals surface area contributed by atoms with Crippen LogP contribution in [0.2, 0.25) is 5.02 Å². The Kier molecular flexibility index (Phi) is 3.84. The van der Waals surface area contributed by atoms with Crippen LogP contribution in [0, 0.1) is 6.92 Å². The van der Waals surface area contributed by atoms with Crippen LogP contribution in [0.4, 0.5) is 5.69 Å². The molecule has 7 heteroatoms. The minimum atomic E-state index is -0.185. The second-order valence-corrected chi connectivity index (χ2v) is 7.08. The number of nitrogens with zero attached hydrogens (tertiary/aromatic N) is 1. The summed E-state index contributed by atoms with van der Waals surface area (Å²) in [6.45, 7) is 2.33. The van der Waals surface area contributed by atoms with Gasteiger partial charge >= 0.3 is 0 Å². The smallest absolute Gasteiger partial charge is 0.263 e. The van der Waals surface area contributed by atoms with Crippen molar-refractivity contribution in [1.29, 1.82) is 0 Å². The van der Waals surface area contributed by atoms with Crippen LogP contribution in [0.25, 0.3) is 10.1 Å². The van der Waals surface area contributed by atoms with Crippen molar-refractivity contribution in [2.24, 2.45) is 0 Å². The van der Waals surface area contributed by atoms with Gasteiger partial charge in [-0.15, -0.1) is 22.7 Å². The van der Waals surface area contributed by atoms with Crippen molar-refractivity contribution < 1.29 is 4.79 Å². The van der Waals surface area contributed by atoms with Gasteiger partial charge in [-0.2, -0.15) is 0 Å². The number of hydrogen-bond donors (Lipinski definition) is 2. The fourth-order valence-corrected chi connectivity index (χ4v) is 3.80. The predicted octanol–water partition coefficient (Wildman–Crippen LogP) is 3.83. The molecule has 0 saturated carbocycles. The molecule has 0 radical (unpaired) electrons. The molecule has 1 amide bonds. The van der Waals surface area contributed by atoms with E-state index in [1.54, 1.807) is 23.5 Å². The van der Waals surface area contributed by atoms with E-state index >= 15 is 0 Å². The number of fused-ring (bicyclic) bond motifs is 1. The Morgan fingerprint density at radius 1 is 1.48 bits per heavy atom. The normalized spacial score (nSPS) is 11.0. The van der Waals surface area contributed by atoms with Gasteiger partial charge in [0.2, 0.25) is 0 Å². The van der Waals surface area contributed by atoms with Gasteiger partial charge in [-0.1, -0.05) is 11.6 Å². The number of aromatic nitrogens is 1. The topological polar surface area (TPSA) is 68.0 Å². The summed E-state index contributed by atoms with van der Waals surface area (Å²) in [5.41, 5.74) is 7.39. The molecule has 0 saturated heterocycles. The molecule has 0 aliphatic heterocycles. The van der Waals surface area contributed by atoms with Crippen LogP contribution in [0.3, 0.4) is 0 Å². The van der Waals surface area contributed by atoms with Crippen LogP contribution in [0.5, 0.6) is 0 Å². The number of amides is 1. The predicted molar refractivity (Wildman–Crippen MR) is 89.3 cm³/mol. The highest BCUT2D eigenvalue weighted by atomic mass is 35.5. The summed E-state index contributed by atoms with van der Waals surface area (Å²) in [7, 11) is 0. The molecule has 4 nitrogen and oxygen atoms in total. The summed E-state index contributed by atoms with van der Waals surface area (Å²) < 4.78 is 0.951. The average molecular weight is 338 g/mol. The Hall–Kier alpha value is -1.63. The molecule has 0 aliphatic rings. The SMILES string of the molecule is Cc1nc(CNC(=O)c2sc3ccc(Cl)cc3c2N)cs1. The Morgan fingerprint density at radius 2 is 2.29 bits per heavy atom. The molecule has 0 aliphatic carbocycles. The van der Waals surface area contributed by atoms with Gasteiger partial charge in [0.25, 0.3) is 5.91 Å². The van der Waals surface area contributed by atoms with E-state index < -0.39 is 0 Å². The number of nitrogens with one attached hydrogen (secondary N) is 1. The van der Waals surface area contributed by atoms with Gasteiger partial charge in [0.1, 0.15) is 4.88 Å². The van der Waals surface area contributed by atoms with Crippen molar-refractivity contribution in [2.75, 3.05) is 5.73 Å². The number of halogens is 1.